The van der Waals surface area contributed by atoms with E-state index in [2.05, 4.69) is 36.3 Å². The van der Waals surface area contributed by atoms with E-state index < -0.39 is 11.9 Å². The quantitative estimate of drug-likeness (QED) is 0.427. The maximum Gasteiger partial charge on any atom is 0.319 e. The molecule has 4 amide bonds. The van der Waals surface area contributed by atoms with E-state index in [4.69, 9.17) is 5.73 Å². The maximum atomic E-state index is 12.4. The summed E-state index contributed by atoms with van der Waals surface area (Å²) in [7, 11) is 0. The number of urea groups is 1. The van der Waals surface area contributed by atoms with Crippen LogP contribution in [0.25, 0.3) is 11.2 Å². The van der Waals surface area contributed by atoms with Crippen molar-refractivity contribution in [3.8, 4) is 0 Å². The number of carbonyl (C=O) groups is 3. The third-order valence-electron chi connectivity index (χ3n) is 3.47. The van der Waals surface area contributed by atoms with E-state index in [1.54, 1.807) is 30.3 Å². The number of pyridine rings is 1. The van der Waals surface area contributed by atoms with Crippen LogP contribution in [0.1, 0.15) is 16.8 Å². The molecule has 2 heterocycles. The first kappa shape index (κ1) is 17.8. The molecule has 138 valence electrons. The van der Waals surface area contributed by atoms with Gasteiger partial charge >= 0.3 is 6.03 Å². The molecule has 0 unspecified atom stereocenters. The van der Waals surface area contributed by atoms with Crippen LogP contribution in [0.5, 0.6) is 0 Å². The molecule has 3 aromatic rings. The highest BCUT2D eigenvalue weighted by atomic mass is 16.2. The van der Waals surface area contributed by atoms with E-state index in [0.29, 0.717) is 28.1 Å². The number of anilines is 2. The second-order valence-corrected chi connectivity index (χ2v) is 5.52. The minimum Gasteiger partial charge on any atom is -0.370 e. The number of amides is 4. The molecule has 0 spiro atoms. The molecule has 27 heavy (non-hydrogen) atoms. The van der Waals surface area contributed by atoms with Crippen molar-refractivity contribution in [2.75, 3.05) is 17.2 Å². The first-order chi connectivity index (χ1) is 13.0. The third kappa shape index (κ3) is 4.75. The van der Waals surface area contributed by atoms with Crippen molar-refractivity contribution in [3.05, 3.63) is 42.1 Å². The second-order valence-electron chi connectivity index (χ2n) is 5.52. The number of nitrogens with one attached hydrogen (secondary N) is 4. The number of nitrogens with two attached hydrogens (primary N) is 1. The van der Waals surface area contributed by atoms with E-state index in [9.17, 15) is 14.4 Å². The van der Waals surface area contributed by atoms with Crippen molar-refractivity contribution in [1.29, 1.82) is 0 Å². The molecule has 6 N–H and O–H groups in total. The Kier molecular flexibility index (Phi) is 5.21. The Morgan fingerprint density at radius 3 is 2.63 bits per heavy atom. The van der Waals surface area contributed by atoms with Crippen molar-refractivity contribution in [3.63, 3.8) is 0 Å². The highest BCUT2D eigenvalue weighted by Crippen LogP contribution is 2.16. The SMILES string of the molecule is NC(=O)CCNC(=O)Nc1cccc(NC(=O)c2cnc3n[nH]nc3c2)c1. The summed E-state index contributed by atoms with van der Waals surface area (Å²) in [5.41, 5.74) is 7.17. The van der Waals surface area contributed by atoms with Gasteiger partial charge in [-0.2, -0.15) is 10.3 Å². The Bertz CT molecular complexity index is 1000. The number of primary amides is 1. The lowest BCUT2D eigenvalue weighted by Crippen LogP contribution is -2.31. The van der Waals surface area contributed by atoms with Gasteiger partial charge in [0.05, 0.1) is 5.56 Å². The molecule has 0 bridgehead atoms. The molecular formula is C16H16N8O3. The molecular weight excluding hydrogens is 352 g/mol. The van der Waals surface area contributed by atoms with E-state index >= 15 is 0 Å². The Labute approximate surface area is 152 Å². The highest BCUT2D eigenvalue weighted by molar-refractivity contribution is 6.05. The summed E-state index contributed by atoms with van der Waals surface area (Å²) < 4.78 is 0. The highest BCUT2D eigenvalue weighted by Gasteiger charge is 2.10. The minimum atomic E-state index is -0.502. The smallest absolute Gasteiger partial charge is 0.319 e. The van der Waals surface area contributed by atoms with Crippen molar-refractivity contribution in [2.45, 2.75) is 6.42 Å². The fraction of sp³-hybridized carbons (Fsp3) is 0.125. The molecule has 0 atom stereocenters. The van der Waals surface area contributed by atoms with Crippen LogP contribution in [0.3, 0.4) is 0 Å². The van der Waals surface area contributed by atoms with Gasteiger partial charge in [-0.3, -0.25) is 9.59 Å². The zero-order valence-corrected chi connectivity index (χ0v) is 14.0. The summed E-state index contributed by atoms with van der Waals surface area (Å²) in [5, 5.41) is 18.0. The van der Waals surface area contributed by atoms with Gasteiger partial charge in [0, 0.05) is 30.5 Å². The van der Waals surface area contributed by atoms with Gasteiger partial charge in [0.2, 0.25) is 11.6 Å². The lowest BCUT2D eigenvalue weighted by molar-refractivity contribution is -0.117. The predicted octanol–water partition coefficient (Wildman–Crippen LogP) is 0.602. The fourth-order valence-corrected chi connectivity index (χ4v) is 2.22. The third-order valence-corrected chi connectivity index (χ3v) is 3.47. The molecule has 0 aliphatic rings. The van der Waals surface area contributed by atoms with Crippen LogP contribution in [-0.2, 0) is 4.79 Å². The summed E-state index contributed by atoms with van der Waals surface area (Å²) in [6, 6.07) is 7.68. The van der Waals surface area contributed by atoms with Gasteiger partial charge in [-0.05, 0) is 24.3 Å². The molecule has 0 fully saturated rings. The minimum absolute atomic E-state index is 0.0490. The van der Waals surface area contributed by atoms with Gasteiger partial charge in [-0.25, -0.2) is 9.78 Å². The van der Waals surface area contributed by atoms with Gasteiger partial charge in [-0.15, -0.1) is 5.10 Å². The van der Waals surface area contributed by atoms with Crippen LogP contribution in [-0.4, -0.2) is 44.8 Å². The molecule has 0 saturated heterocycles. The fourth-order valence-electron chi connectivity index (χ4n) is 2.22. The Morgan fingerprint density at radius 1 is 1.07 bits per heavy atom. The van der Waals surface area contributed by atoms with Crippen LogP contribution in [0.4, 0.5) is 16.2 Å². The number of benzene rings is 1. The van der Waals surface area contributed by atoms with Crippen molar-refractivity contribution < 1.29 is 14.4 Å². The summed E-state index contributed by atoms with van der Waals surface area (Å²) in [5.74, 6) is -0.881. The molecule has 11 heteroatoms. The van der Waals surface area contributed by atoms with E-state index in [0.717, 1.165) is 0 Å². The van der Waals surface area contributed by atoms with Crippen molar-refractivity contribution in [1.82, 2.24) is 25.7 Å². The van der Waals surface area contributed by atoms with Crippen LogP contribution in [0.15, 0.2) is 36.5 Å². The Balaban J connectivity index is 1.62. The van der Waals surface area contributed by atoms with E-state index in [-0.39, 0.29) is 18.9 Å². The molecule has 2 aromatic heterocycles. The summed E-state index contributed by atoms with van der Waals surface area (Å²) in [4.78, 5) is 38.8. The number of aromatic amines is 1. The topological polar surface area (TPSA) is 168 Å². The van der Waals surface area contributed by atoms with Crippen molar-refractivity contribution >= 4 is 40.4 Å². The van der Waals surface area contributed by atoms with Gasteiger partial charge in [0.1, 0.15) is 5.52 Å². The second kappa shape index (κ2) is 7.91. The van der Waals surface area contributed by atoms with Crippen LogP contribution >= 0.6 is 0 Å². The number of nitrogens with zero attached hydrogens (tertiary/aromatic N) is 3. The first-order valence-corrected chi connectivity index (χ1v) is 7.92. The number of carbonyl (C=O) groups excluding carboxylic acids is 3. The van der Waals surface area contributed by atoms with Crippen LogP contribution in [0, 0.1) is 0 Å². The largest absolute Gasteiger partial charge is 0.370 e. The summed E-state index contributed by atoms with van der Waals surface area (Å²) in [6.07, 6.45) is 1.45. The van der Waals surface area contributed by atoms with Crippen LogP contribution < -0.4 is 21.7 Å². The van der Waals surface area contributed by atoms with Gasteiger partial charge in [-0.1, -0.05) is 6.07 Å². The molecule has 3 rings (SSSR count). The van der Waals surface area contributed by atoms with E-state index in [1.807, 2.05) is 0 Å². The molecule has 0 aliphatic heterocycles. The standard InChI is InChI=1S/C16H16N8O3/c17-13(25)4-5-18-16(27)21-11-3-1-2-10(7-11)20-15(26)9-6-12-14(19-8-9)23-24-22-12/h1-3,6-8H,4-5H2,(H2,17,25)(H,20,26)(H2,18,21,27)(H,19,22,23,24). The van der Waals surface area contributed by atoms with E-state index in [1.165, 1.54) is 6.20 Å². The zero-order chi connectivity index (χ0) is 19.2. The molecule has 0 aliphatic carbocycles. The number of H-pyrrole nitrogens is 1. The molecule has 11 nitrogen and oxygen atoms in total. The molecule has 0 radical (unpaired) electrons. The number of hydrogen-bond donors (Lipinski definition) is 5. The number of rotatable bonds is 6. The van der Waals surface area contributed by atoms with Crippen molar-refractivity contribution in [2.24, 2.45) is 5.73 Å². The Hall–Kier alpha value is -4.02. The summed E-state index contributed by atoms with van der Waals surface area (Å²) >= 11 is 0. The van der Waals surface area contributed by atoms with Gasteiger partial charge in [0.25, 0.3) is 5.91 Å². The van der Waals surface area contributed by atoms with Gasteiger partial charge < -0.3 is 21.7 Å². The lowest BCUT2D eigenvalue weighted by atomic mass is 10.2. The molecule has 0 saturated carbocycles. The number of hydrogen-bond acceptors (Lipinski definition) is 6. The average Bonchev–Trinajstić information content (AvgIpc) is 3.09. The number of fused-ring (bicyclic) bond motifs is 1. The predicted molar refractivity (Wildman–Crippen MR) is 96.9 cm³/mol. The first-order valence-electron chi connectivity index (χ1n) is 7.92. The lowest BCUT2D eigenvalue weighted by Gasteiger charge is -2.09. The number of aromatic nitrogens is 4. The average molecular weight is 368 g/mol. The zero-order valence-electron chi connectivity index (χ0n) is 14.0. The Morgan fingerprint density at radius 2 is 1.85 bits per heavy atom. The monoisotopic (exact) mass is 368 g/mol. The summed E-state index contributed by atoms with van der Waals surface area (Å²) in [6.45, 7) is 0.134. The molecule has 1 aromatic carbocycles. The van der Waals surface area contributed by atoms with Gasteiger partial charge in [0.15, 0.2) is 0 Å². The van der Waals surface area contributed by atoms with Crippen LogP contribution in [0.2, 0.25) is 0 Å². The normalized spacial score (nSPS) is 10.4. The maximum absolute atomic E-state index is 12.4.